The van der Waals surface area contributed by atoms with Crippen molar-refractivity contribution in [3.63, 3.8) is 0 Å². The fraction of sp³-hybridized carbons (Fsp3) is 0.450. The number of hydrogen-bond acceptors (Lipinski definition) is 3. The molecule has 1 aliphatic heterocycles. The van der Waals surface area contributed by atoms with Gasteiger partial charge < -0.3 is 10.6 Å². The quantitative estimate of drug-likeness (QED) is 0.820. The van der Waals surface area contributed by atoms with Crippen molar-refractivity contribution in [1.29, 1.82) is 0 Å². The lowest BCUT2D eigenvalue weighted by molar-refractivity contribution is 0.138. The van der Waals surface area contributed by atoms with E-state index in [-0.39, 0.29) is 12.1 Å². The first-order valence-corrected chi connectivity index (χ1v) is 9.93. The van der Waals surface area contributed by atoms with Gasteiger partial charge >= 0.3 is 6.03 Å². The van der Waals surface area contributed by atoms with Crippen LogP contribution in [0.1, 0.15) is 36.2 Å². The standard InChI is InChI=1S/C20H27N3OS/c1-16-9-11-23(12-10-16)18(19-8-5-13-25-19)15-22-20(24)21-14-17-6-3-2-4-7-17/h2-8,13,16,18H,9-12,14-15H2,1H3,(H2,21,22,24)/t18-/m1/s1. The highest BCUT2D eigenvalue weighted by atomic mass is 32.1. The van der Waals surface area contributed by atoms with E-state index in [0.29, 0.717) is 13.1 Å². The van der Waals surface area contributed by atoms with Gasteiger partial charge in [-0.3, -0.25) is 4.90 Å². The van der Waals surface area contributed by atoms with Crippen LogP contribution in [-0.2, 0) is 6.54 Å². The summed E-state index contributed by atoms with van der Waals surface area (Å²) in [4.78, 5) is 16.0. The molecule has 1 aliphatic rings. The molecule has 134 valence electrons. The number of amides is 2. The number of carbonyl (C=O) groups is 1. The molecular weight excluding hydrogens is 330 g/mol. The summed E-state index contributed by atoms with van der Waals surface area (Å²) in [6.45, 7) is 5.74. The minimum atomic E-state index is -0.101. The molecule has 0 radical (unpaired) electrons. The molecule has 0 bridgehead atoms. The van der Waals surface area contributed by atoms with Crippen LogP contribution in [0.5, 0.6) is 0 Å². The molecule has 2 heterocycles. The molecule has 5 heteroatoms. The molecule has 25 heavy (non-hydrogen) atoms. The average Bonchev–Trinajstić information content (AvgIpc) is 3.17. The second-order valence-electron chi connectivity index (χ2n) is 6.80. The van der Waals surface area contributed by atoms with Crippen molar-refractivity contribution in [3.8, 4) is 0 Å². The van der Waals surface area contributed by atoms with Crippen LogP contribution < -0.4 is 10.6 Å². The number of piperidine rings is 1. The minimum absolute atomic E-state index is 0.101. The van der Waals surface area contributed by atoms with Crippen molar-refractivity contribution in [2.45, 2.75) is 32.4 Å². The van der Waals surface area contributed by atoms with Crippen LogP contribution in [0.3, 0.4) is 0 Å². The molecule has 0 saturated carbocycles. The Morgan fingerprint density at radius 2 is 1.92 bits per heavy atom. The highest BCUT2D eigenvalue weighted by molar-refractivity contribution is 7.10. The number of thiophene rings is 1. The second-order valence-corrected chi connectivity index (χ2v) is 7.78. The number of urea groups is 1. The third kappa shape index (κ3) is 5.31. The van der Waals surface area contributed by atoms with Crippen LogP contribution in [0.4, 0.5) is 4.79 Å². The number of benzene rings is 1. The second kappa shape index (κ2) is 9.02. The van der Waals surface area contributed by atoms with E-state index < -0.39 is 0 Å². The van der Waals surface area contributed by atoms with Gasteiger partial charge in [0.25, 0.3) is 0 Å². The van der Waals surface area contributed by atoms with E-state index in [1.807, 2.05) is 30.3 Å². The number of rotatable bonds is 6. The molecule has 2 amide bonds. The first-order chi connectivity index (χ1) is 12.2. The predicted molar refractivity (Wildman–Crippen MR) is 104 cm³/mol. The third-order valence-electron chi connectivity index (χ3n) is 4.88. The summed E-state index contributed by atoms with van der Waals surface area (Å²) >= 11 is 1.77. The van der Waals surface area contributed by atoms with Gasteiger partial charge in [0.1, 0.15) is 0 Å². The summed E-state index contributed by atoms with van der Waals surface area (Å²) in [6.07, 6.45) is 2.48. The smallest absolute Gasteiger partial charge is 0.315 e. The molecule has 4 nitrogen and oxygen atoms in total. The van der Waals surface area contributed by atoms with Gasteiger partial charge in [0.2, 0.25) is 0 Å². The molecule has 1 aromatic carbocycles. The Bertz CT molecular complexity index is 636. The lowest BCUT2D eigenvalue weighted by Crippen LogP contribution is -2.44. The highest BCUT2D eigenvalue weighted by Crippen LogP contribution is 2.28. The molecule has 1 atom stereocenters. The minimum Gasteiger partial charge on any atom is -0.336 e. The van der Waals surface area contributed by atoms with Gasteiger partial charge in [-0.05, 0) is 48.9 Å². The molecule has 2 N–H and O–H groups in total. The normalized spacial score (nSPS) is 17.2. The largest absolute Gasteiger partial charge is 0.336 e. The fourth-order valence-electron chi connectivity index (χ4n) is 3.26. The Balaban J connectivity index is 1.52. The zero-order chi connectivity index (χ0) is 17.5. The maximum atomic E-state index is 12.2. The first-order valence-electron chi connectivity index (χ1n) is 9.05. The molecule has 2 aromatic rings. The van der Waals surface area contributed by atoms with Crippen molar-refractivity contribution in [3.05, 3.63) is 58.3 Å². The van der Waals surface area contributed by atoms with Crippen molar-refractivity contribution in [2.75, 3.05) is 19.6 Å². The van der Waals surface area contributed by atoms with E-state index in [0.717, 1.165) is 24.6 Å². The highest BCUT2D eigenvalue weighted by Gasteiger charge is 2.25. The van der Waals surface area contributed by atoms with E-state index in [1.165, 1.54) is 17.7 Å². The molecule has 3 rings (SSSR count). The summed E-state index contributed by atoms with van der Waals surface area (Å²) in [7, 11) is 0. The molecule has 1 saturated heterocycles. The van der Waals surface area contributed by atoms with Gasteiger partial charge in [-0.2, -0.15) is 0 Å². The van der Waals surface area contributed by atoms with E-state index in [2.05, 4.69) is 40.0 Å². The fourth-order valence-corrected chi connectivity index (χ4v) is 4.12. The van der Waals surface area contributed by atoms with Crippen LogP contribution in [-0.4, -0.2) is 30.6 Å². The predicted octanol–water partition coefficient (Wildman–Crippen LogP) is 4.02. The summed E-state index contributed by atoms with van der Waals surface area (Å²) < 4.78 is 0. The van der Waals surface area contributed by atoms with Crippen molar-refractivity contribution >= 4 is 17.4 Å². The summed E-state index contributed by atoms with van der Waals surface area (Å²) in [5, 5.41) is 8.12. The number of likely N-dealkylation sites (tertiary alicyclic amines) is 1. The molecule has 1 fully saturated rings. The van der Waals surface area contributed by atoms with Gasteiger partial charge in [0.05, 0.1) is 6.04 Å². The van der Waals surface area contributed by atoms with Crippen LogP contribution in [0.2, 0.25) is 0 Å². The van der Waals surface area contributed by atoms with E-state index >= 15 is 0 Å². The summed E-state index contributed by atoms with van der Waals surface area (Å²) in [5.74, 6) is 0.808. The van der Waals surface area contributed by atoms with Crippen LogP contribution in [0.25, 0.3) is 0 Å². The maximum absolute atomic E-state index is 12.2. The number of nitrogens with zero attached hydrogens (tertiary/aromatic N) is 1. The van der Waals surface area contributed by atoms with E-state index in [4.69, 9.17) is 0 Å². The van der Waals surface area contributed by atoms with E-state index in [9.17, 15) is 4.79 Å². The van der Waals surface area contributed by atoms with Gasteiger partial charge in [0, 0.05) is 18.0 Å². The van der Waals surface area contributed by atoms with Gasteiger partial charge in [-0.15, -0.1) is 11.3 Å². The molecule has 0 spiro atoms. The number of hydrogen-bond donors (Lipinski definition) is 2. The SMILES string of the molecule is CC1CCN([C@H](CNC(=O)NCc2ccccc2)c2cccs2)CC1. The topological polar surface area (TPSA) is 44.4 Å². The Labute approximate surface area is 154 Å². The van der Waals surface area contributed by atoms with Crippen molar-refractivity contribution in [2.24, 2.45) is 5.92 Å². The van der Waals surface area contributed by atoms with Crippen LogP contribution in [0, 0.1) is 5.92 Å². The molecule has 1 aromatic heterocycles. The molecule has 0 aliphatic carbocycles. The lowest BCUT2D eigenvalue weighted by atomic mass is 9.97. The summed E-state index contributed by atoms with van der Waals surface area (Å²) in [6, 6.07) is 14.4. The Hall–Kier alpha value is -1.85. The van der Waals surface area contributed by atoms with Crippen molar-refractivity contribution in [1.82, 2.24) is 15.5 Å². The number of carbonyl (C=O) groups excluding carboxylic acids is 1. The van der Waals surface area contributed by atoms with Crippen molar-refractivity contribution < 1.29 is 4.79 Å². The van der Waals surface area contributed by atoms with Gasteiger partial charge in [0.15, 0.2) is 0 Å². The Morgan fingerprint density at radius 1 is 1.16 bits per heavy atom. The zero-order valence-corrected chi connectivity index (χ0v) is 15.6. The zero-order valence-electron chi connectivity index (χ0n) is 14.8. The monoisotopic (exact) mass is 357 g/mol. The molecule has 0 unspecified atom stereocenters. The summed E-state index contributed by atoms with van der Waals surface area (Å²) in [5.41, 5.74) is 1.11. The van der Waals surface area contributed by atoms with Crippen LogP contribution >= 0.6 is 11.3 Å². The maximum Gasteiger partial charge on any atom is 0.315 e. The lowest BCUT2D eigenvalue weighted by Gasteiger charge is -2.36. The third-order valence-corrected chi connectivity index (χ3v) is 5.86. The average molecular weight is 358 g/mol. The Morgan fingerprint density at radius 3 is 2.60 bits per heavy atom. The van der Waals surface area contributed by atoms with Gasteiger partial charge in [-0.1, -0.05) is 43.3 Å². The number of nitrogens with one attached hydrogen (secondary N) is 2. The van der Waals surface area contributed by atoms with Crippen LogP contribution in [0.15, 0.2) is 47.8 Å². The Kier molecular flexibility index (Phi) is 6.48. The van der Waals surface area contributed by atoms with Gasteiger partial charge in [-0.25, -0.2) is 4.79 Å². The molecular formula is C20H27N3OS. The first kappa shape index (κ1) is 18.0. The van der Waals surface area contributed by atoms with E-state index in [1.54, 1.807) is 11.3 Å².